The van der Waals surface area contributed by atoms with E-state index >= 15 is 0 Å². The second kappa shape index (κ2) is 10.8. The molecular formula is C32H27N3O4. The van der Waals surface area contributed by atoms with Gasteiger partial charge in [-0.3, -0.25) is 19.3 Å². The number of hydrogen-bond acceptors (Lipinski definition) is 5. The maximum absolute atomic E-state index is 14.0. The number of aliphatic imine (C=N–C) groups is 1. The number of nitrogens with one attached hydrogen (secondary N) is 1. The molecule has 7 nitrogen and oxygen atoms in total. The van der Waals surface area contributed by atoms with E-state index in [1.807, 2.05) is 60.7 Å². The Labute approximate surface area is 226 Å². The molecule has 2 amide bonds. The van der Waals surface area contributed by atoms with Gasteiger partial charge in [0.2, 0.25) is 0 Å². The van der Waals surface area contributed by atoms with Crippen LogP contribution in [0.2, 0.25) is 0 Å². The second-order valence-corrected chi connectivity index (χ2v) is 9.15. The highest BCUT2D eigenvalue weighted by atomic mass is 16.5. The number of carbonyl (C=O) groups is 3. The van der Waals surface area contributed by atoms with Crippen molar-refractivity contribution >= 4 is 29.1 Å². The molecule has 4 aromatic rings. The Balaban J connectivity index is 1.34. The molecule has 0 spiro atoms. The molecular weight excluding hydrogens is 490 g/mol. The monoisotopic (exact) mass is 517 g/mol. The van der Waals surface area contributed by atoms with Crippen LogP contribution < -0.4 is 10.1 Å². The fraction of sp³-hybridized carbons (Fsp3) is 0.125. The molecule has 0 saturated carbocycles. The van der Waals surface area contributed by atoms with Crippen LogP contribution >= 0.6 is 0 Å². The van der Waals surface area contributed by atoms with Crippen molar-refractivity contribution in [3.8, 4) is 5.75 Å². The molecule has 0 saturated heterocycles. The summed E-state index contributed by atoms with van der Waals surface area (Å²) in [6, 6.07) is 32.3. The number of benzene rings is 4. The molecule has 39 heavy (non-hydrogen) atoms. The van der Waals surface area contributed by atoms with Gasteiger partial charge in [0.1, 0.15) is 11.6 Å². The molecule has 5 rings (SSSR count). The first-order valence-electron chi connectivity index (χ1n) is 12.5. The maximum atomic E-state index is 14.0. The number of nitrogens with zero attached hydrogens (tertiary/aromatic N) is 2. The molecule has 0 aromatic heterocycles. The highest BCUT2D eigenvalue weighted by Gasteiger charge is 2.50. The zero-order valence-electron chi connectivity index (χ0n) is 21.6. The Morgan fingerprint density at radius 1 is 0.821 bits per heavy atom. The molecule has 0 fully saturated rings. The van der Waals surface area contributed by atoms with E-state index in [4.69, 9.17) is 9.73 Å². The molecule has 1 heterocycles. The summed E-state index contributed by atoms with van der Waals surface area (Å²) < 4.78 is 5.26. The predicted octanol–water partition coefficient (Wildman–Crippen LogP) is 5.33. The van der Waals surface area contributed by atoms with E-state index in [1.54, 1.807) is 55.5 Å². The zero-order valence-corrected chi connectivity index (χ0v) is 21.6. The molecule has 0 aliphatic carbocycles. The van der Waals surface area contributed by atoms with Crippen molar-refractivity contribution in [3.63, 3.8) is 0 Å². The number of carbonyl (C=O) groups excluding carboxylic acids is 3. The Kier molecular flexibility index (Phi) is 7.06. The van der Waals surface area contributed by atoms with E-state index in [2.05, 4.69) is 5.32 Å². The van der Waals surface area contributed by atoms with Crippen molar-refractivity contribution in [2.45, 2.75) is 12.5 Å². The number of amidine groups is 1. The van der Waals surface area contributed by atoms with Gasteiger partial charge in [-0.1, -0.05) is 72.8 Å². The minimum Gasteiger partial charge on any atom is -0.496 e. The van der Waals surface area contributed by atoms with Crippen LogP contribution in [-0.2, 0) is 10.3 Å². The molecule has 0 atom stereocenters. The second-order valence-electron chi connectivity index (χ2n) is 9.15. The summed E-state index contributed by atoms with van der Waals surface area (Å²) in [6.45, 7) is 1.60. The number of Topliss-reactive ketones (excluding diaryl/α,β-unsaturated/α-hetero) is 1. The third-order valence-electron chi connectivity index (χ3n) is 6.78. The van der Waals surface area contributed by atoms with Gasteiger partial charge < -0.3 is 10.1 Å². The largest absolute Gasteiger partial charge is 0.496 e. The maximum Gasteiger partial charge on any atom is 0.265 e. The van der Waals surface area contributed by atoms with Crippen LogP contribution in [0, 0.1) is 0 Å². The first-order valence-corrected chi connectivity index (χ1v) is 12.5. The molecule has 194 valence electrons. The van der Waals surface area contributed by atoms with E-state index in [1.165, 1.54) is 12.0 Å². The van der Waals surface area contributed by atoms with Crippen molar-refractivity contribution in [3.05, 3.63) is 131 Å². The lowest BCUT2D eigenvalue weighted by atomic mass is 9.83. The summed E-state index contributed by atoms with van der Waals surface area (Å²) >= 11 is 0. The van der Waals surface area contributed by atoms with Gasteiger partial charge in [0.15, 0.2) is 11.3 Å². The Morgan fingerprint density at radius 3 is 1.97 bits per heavy atom. The number of amides is 2. The Morgan fingerprint density at radius 2 is 1.38 bits per heavy atom. The minimum atomic E-state index is -1.25. The van der Waals surface area contributed by atoms with E-state index in [0.717, 1.165) is 11.1 Å². The first kappa shape index (κ1) is 25.6. The van der Waals surface area contributed by atoms with E-state index in [0.29, 0.717) is 28.4 Å². The number of methoxy groups -OCH3 is 1. The van der Waals surface area contributed by atoms with Crippen LogP contribution in [0.4, 0.5) is 5.69 Å². The van der Waals surface area contributed by atoms with Crippen molar-refractivity contribution in [2.75, 3.05) is 19.0 Å². The lowest BCUT2D eigenvalue weighted by molar-refractivity contribution is -0.129. The minimum absolute atomic E-state index is 0.150. The zero-order chi connectivity index (χ0) is 27.4. The van der Waals surface area contributed by atoms with Gasteiger partial charge in [-0.05, 0) is 54.4 Å². The average molecular weight is 518 g/mol. The first-order chi connectivity index (χ1) is 18.9. The molecule has 0 radical (unpaired) electrons. The van der Waals surface area contributed by atoms with Gasteiger partial charge in [0.25, 0.3) is 11.8 Å². The summed E-state index contributed by atoms with van der Waals surface area (Å²) in [5.41, 5.74) is 1.59. The molecule has 1 N–H and O–H groups in total. The van der Waals surface area contributed by atoms with Gasteiger partial charge in [-0.2, -0.15) is 0 Å². The summed E-state index contributed by atoms with van der Waals surface area (Å²) in [7, 11) is 1.51. The molecule has 7 heteroatoms. The van der Waals surface area contributed by atoms with Crippen molar-refractivity contribution in [2.24, 2.45) is 4.99 Å². The predicted molar refractivity (Wildman–Crippen MR) is 150 cm³/mol. The quantitative estimate of drug-likeness (QED) is 0.320. The smallest absolute Gasteiger partial charge is 0.265 e. The molecule has 1 aliphatic rings. The van der Waals surface area contributed by atoms with Crippen molar-refractivity contribution < 1.29 is 19.1 Å². The van der Waals surface area contributed by atoms with Crippen LogP contribution in [0.5, 0.6) is 5.75 Å². The lowest BCUT2D eigenvalue weighted by Gasteiger charge is -2.27. The van der Waals surface area contributed by atoms with Gasteiger partial charge in [-0.25, -0.2) is 4.99 Å². The van der Waals surface area contributed by atoms with Crippen LogP contribution in [0.15, 0.2) is 114 Å². The lowest BCUT2D eigenvalue weighted by Crippen LogP contribution is -2.43. The van der Waals surface area contributed by atoms with Crippen LogP contribution in [0.25, 0.3) is 0 Å². The summed E-state index contributed by atoms with van der Waals surface area (Å²) in [5, 5.41) is 2.82. The number of ketones is 1. The number of rotatable bonds is 8. The third kappa shape index (κ3) is 4.82. The topological polar surface area (TPSA) is 88.1 Å². The van der Waals surface area contributed by atoms with E-state index in [-0.39, 0.29) is 24.1 Å². The number of para-hydroxylation sites is 1. The summed E-state index contributed by atoms with van der Waals surface area (Å²) in [5.74, 6) is 0.112. The standard InChI is InChI=1S/C32H27N3O4/c1-22-34-32(24-11-5-3-6-12-24,25-13-7-4-8-14-25)31(38)35(22)21-28(36)23-17-19-26(20-18-23)33-30(37)27-15-9-10-16-29(27)39-2/h3-20H,21H2,1-2H3,(H,33,37). The number of ether oxygens (including phenoxy) is 1. The highest BCUT2D eigenvalue weighted by Crippen LogP contribution is 2.40. The molecule has 4 aromatic carbocycles. The molecule has 0 unspecified atom stereocenters. The third-order valence-corrected chi connectivity index (χ3v) is 6.78. The summed E-state index contributed by atoms with van der Waals surface area (Å²) in [4.78, 5) is 46.2. The van der Waals surface area contributed by atoms with Crippen LogP contribution in [-0.4, -0.2) is 42.0 Å². The van der Waals surface area contributed by atoms with E-state index in [9.17, 15) is 14.4 Å². The fourth-order valence-corrected chi connectivity index (χ4v) is 4.79. The molecule has 1 aliphatic heterocycles. The highest BCUT2D eigenvalue weighted by molar-refractivity contribution is 6.13. The van der Waals surface area contributed by atoms with Gasteiger partial charge in [0.05, 0.1) is 19.2 Å². The Bertz CT molecular complexity index is 1510. The average Bonchev–Trinajstić information content (AvgIpc) is 3.24. The van der Waals surface area contributed by atoms with Gasteiger partial charge >= 0.3 is 0 Å². The molecule has 0 bridgehead atoms. The van der Waals surface area contributed by atoms with Gasteiger partial charge in [-0.15, -0.1) is 0 Å². The van der Waals surface area contributed by atoms with Gasteiger partial charge in [0, 0.05) is 11.3 Å². The van der Waals surface area contributed by atoms with Crippen LogP contribution in [0.1, 0.15) is 38.8 Å². The fourth-order valence-electron chi connectivity index (χ4n) is 4.79. The summed E-state index contributed by atoms with van der Waals surface area (Å²) in [6.07, 6.45) is 0. The van der Waals surface area contributed by atoms with E-state index < -0.39 is 5.54 Å². The normalized spacial score (nSPS) is 14.1. The number of anilines is 1. The number of hydrogen-bond donors (Lipinski definition) is 1. The van der Waals surface area contributed by atoms with Crippen molar-refractivity contribution in [1.29, 1.82) is 0 Å². The Hall–Kier alpha value is -5.04. The van der Waals surface area contributed by atoms with Crippen LogP contribution in [0.3, 0.4) is 0 Å². The SMILES string of the molecule is COc1ccccc1C(=O)Nc1ccc(C(=O)CN2C(=O)C(c3ccccc3)(c3ccccc3)N=C2C)cc1. The van der Waals surface area contributed by atoms with Crippen molar-refractivity contribution in [1.82, 2.24) is 4.90 Å².